The molecule has 1 heterocycles. The number of alkyl halides is 1. The summed E-state index contributed by atoms with van der Waals surface area (Å²) in [7, 11) is -3.10. The summed E-state index contributed by atoms with van der Waals surface area (Å²) in [5.41, 5.74) is 3.25. The van der Waals surface area contributed by atoms with Gasteiger partial charge in [0.1, 0.15) is 30.3 Å². The van der Waals surface area contributed by atoms with Crippen LogP contribution in [0.25, 0.3) is 0 Å². The summed E-state index contributed by atoms with van der Waals surface area (Å²) in [5.74, 6) is -0.564. The van der Waals surface area contributed by atoms with Gasteiger partial charge in [0, 0.05) is 12.6 Å². The second kappa shape index (κ2) is 13.0. The van der Waals surface area contributed by atoms with E-state index in [-0.39, 0.29) is 24.6 Å². The molecule has 1 aliphatic carbocycles. The third-order valence-corrected chi connectivity index (χ3v) is 8.18. The zero-order valence-electron chi connectivity index (χ0n) is 22.5. The molecule has 0 amide bonds. The molecule has 0 radical (unpaired) electrons. The number of benzene rings is 2. The molecule has 0 bridgehead atoms. The van der Waals surface area contributed by atoms with Crippen LogP contribution in [0, 0.1) is 0 Å². The fourth-order valence-electron chi connectivity index (χ4n) is 4.17. The number of nitrogen functional groups attached to an aromatic ring is 1. The van der Waals surface area contributed by atoms with Crippen molar-refractivity contribution >= 4 is 27.6 Å². The van der Waals surface area contributed by atoms with Crippen molar-refractivity contribution in [2.45, 2.75) is 49.9 Å². The molecule has 3 aromatic rings. The number of nitrogens with two attached hydrogens (primary N) is 1. The first-order chi connectivity index (χ1) is 19.5. The van der Waals surface area contributed by atoms with E-state index in [0.29, 0.717) is 0 Å². The number of halogens is 1. The summed E-state index contributed by atoms with van der Waals surface area (Å²) in [4.78, 5) is 28.4. The van der Waals surface area contributed by atoms with Crippen molar-refractivity contribution in [2.75, 3.05) is 12.3 Å². The Labute approximate surface area is 236 Å². The normalized spacial score (nSPS) is 21.7. The molecular formula is C26H31BFN4O8P. The van der Waals surface area contributed by atoms with E-state index in [2.05, 4.69) is 10.1 Å². The van der Waals surface area contributed by atoms with Crippen LogP contribution >= 0.6 is 7.75 Å². The van der Waals surface area contributed by atoms with Gasteiger partial charge in [-0.1, -0.05) is 48.5 Å². The lowest BCUT2D eigenvalue weighted by Crippen LogP contribution is -2.43. The van der Waals surface area contributed by atoms with E-state index in [0.717, 1.165) is 10.1 Å². The van der Waals surface area contributed by atoms with Crippen LogP contribution in [0.4, 0.5) is 10.2 Å². The van der Waals surface area contributed by atoms with Gasteiger partial charge < -0.3 is 24.8 Å². The zero-order valence-corrected chi connectivity index (χ0v) is 23.4. The fourth-order valence-corrected chi connectivity index (χ4v) is 5.67. The van der Waals surface area contributed by atoms with Crippen molar-refractivity contribution in [1.82, 2.24) is 14.6 Å². The van der Waals surface area contributed by atoms with Crippen LogP contribution in [-0.4, -0.2) is 59.2 Å². The van der Waals surface area contributed by atoms with Crippen LogP contribution in [0.15, 0.2) is 77.7 Å². The number of esters is 1. The van der Waals surface area contributed by atoms with Gasteiger partial charge in [0.05, 0.1) is 18.8 Å². The van der Waals surface area contributed by atoms with Gasteiger partial charge in [-0.2, -0.15) is 10.1 Å². The predicted molar refractivity (Wildman–Crippen MR) is 149 cm³/mol. The van der Waals surface area contributed by atoms with Crippen LogP contribution in [0.1, 0.15) is 24.9 Å². The zero-order chi connectivity index (χ0) is 29.6. The Hall–Kier alpha value is -3.55. The summed E-state index contributed by atoms with van der Waals surface area (Å²) < 4.78 is 52.2. The van der Waals surface area contributed by atoms with E-state index < -0.39 is 56.0 Å². The van der Waals surface area contributed by atoms with E-state index in [1.54, 1.807) is 42.5 Å². The maximum atomic E-state index is 15.7. The van der Waals surface area contributed by atoms with Crippen molar-refractivity contribution in [3.05, 3.63) is 89.0 Å². The molecule has 6 atom stereocenters. The Morgan fingerprint density at radius 3 is 2.54 bits per heavy atom. The molecule has 1 fully saturated rings. The summed E-state index contributed by atoms with van der Waals surface area (Å²) >= 11 is 0. The van der Waals surface area contributed by atoms with E-state index in [1.807, 2.05) is 6.07 Å². The molecule has 2 unspecified atom stereocenters. The number of anilines is 1. The number of aliphatic hydroxyl groups excluding tert-OH is 1. The van der Waals surface area contributed by atoms with Gasteiger partial charge in [0.25, 0.3) is 8.05 Å². The quantitative estimate of drug-likeness (QED) is 0.143. The Bertz CT molecular complexity index is 1440. The molecule has 2 aromatic carbocycles. The van der Waals surface area contributed by atoms with Crippen LogP contribution in [0.3, 0.4) is 0 Å². The van der Waals surface area contributed by atoms with E-state index in [9.17, 15) is 19.3 Å². The fraction of sp³-hybridized carbons (Fsp3) is 0.346. The number of nitrogens with zero attached hydrogens (tertiary/aromatic N) is 2. The van der Waals surface area contributed by atoms with Gasteiger partial charge in [0.2, 0.25) is 0 Å². The van der Waals surface area contributed by atoms with Gasteiger partial charge in [0.15, 0.2) is 5.67 Å². The van der Waals surface area contributed by atoms with Crippen molar-refractivity contribution in [2.24, 2.45) is 0 Å². The predicted octanol–water partition coefficient (Wildman–Crippen LogP) is 1.70. The number of aliphatic hydroxyl groups is 1. The minimum Gasteiger partial charge on any atom is -0.460 e. The Morgan fingerprint density at radius 2 is 1.90 bits per heavy atom. The van der Waals surface area contributed by atoms with E-state index in [4.69, 9.17) is 24.2 Å². The summed E-state index contributed by atoms with van der Waals surface area (Å²) in [5, 5.41) is 13.4. The molecule has 1 saturated carbocycles. The highest BCUT2D eigenvalue weighted by Crippen LogP contribution is 2.54. The largest absolute Gasteiger partial charge is 0.460 e. The second-order valence-electron chi connectivity index (χ2n) is 9.55. The number of ether oxygens (including phenoxy) is 1. The van der Waals surface area contributed by atoms with Crippen LogP contribution in [-0.2, 0) is 29.9 Å². The third-order valence-electron chi connectivity index (χ3n) is 6.54. The molecule has 0 aliphatic heterocycles. The highest BCUT2D eigenvalue weighted by molar-refractivity contribution is 7.52. The lowest BCUT2D eigenvalue weighted by molar-refractivity contribution is -0.146. The summed E-state index contributed by atoms with van der Waals surface area (Å²) in [6, 6.07) is 16.3. The number of hydrogen-bond acceptors (Lipinski definition) is 10. The monoisotopic (exact) mass is 588 g/mol. The maximum Gasteiger partial charge on any atom is 0.459 e. The standard InChI is InChI=1S/C26H31BFN4O8P/c1-17(24(34)37-15-18-8-4-2-5-9-18)31-41(36,40-19-10-6-3-7-11-19)38-16-20(39-27)23(33)26(28)14-21(26)32-13-12-22(29)30-25(32)35/h2-13,17,20-21,23,33H,14-16,27H2,1H3,(H,31,36)(H2,29,30,35)/t17-,20?,21+,23-,26?,41-/m0/s1. The number of para-hydroxylation sites is 1. The average molecular weight is 588 g/mol. The molecule has 1 aliphatic rings. The molecule has 15 heteroatoms. The molecule has 218 valence electrons. The first kappa shape index (κ1) is 30.4. The number of aromatic nitrogens is 2. The third kappa shape index (κ3) is 7.60. The number of nitrogens with one attached hydrogen (secondary N) is 1. The van der Waals surface area contributed by atoms with Crippen molar-refractivity contribution < 1.29 is 37.3 Å². The molecule has 4 N–H and O–H groups in total. The summed E-state index contributed by atoms with van der Waals surface area (Å²) in [6.07, 6.45) is -2.00. The smallest absolute Gasteiger partial charge is 0.459 e. The average Bonchev–Trinajstić information content (AvgIpc) is 3.64. The van der Waals surface area contributed by atoms with Crippen LogP contribution in [0.2, 0.25) is 0 Å². The molecule has 0 spiro atoms. The molecule has 0 saturated heterocycles. The number of carbonyl (C=O) groups is 1. The van der Waals surface area contributed by atoms with E-state index >= 15 is 4.39 Å². The minimum atomic E-state index is -4.32. The molecular weight excluding hydrogens is 557 g/mol. The van der Waals surface area contributed by atoms with E-state index in [1.165, 1.54) is 39.4 Å². The van der Waals surface area contributed by atoms with Crippen LogP contribution in [0.5, 0.6) is 5.75 Å². The Kier molecular flexibility index (Phi) is 9.62. The number of rotatable bonds is 14. The first-order valence-electron chi connectivity index (χ1n) is 12.8. The lowest BCUT2D eigenvalue weighted by Gasteiger charge is -2.28. The van der Waals surface area contributed by atoms with Gasteiger partial charge in [-0.3, -0.25) is 13.9 Å². The first-order valence-corrected chi connectivity index (χ1v) is 14.3. The van der Waals surface area contributed by atoms with Gasteiger partial charge in [-0.25, -0.2) is 13.8 Å². The maximum absolute atomic E-state index is 15.7. The van der Waals surface area contributed by atoms with Crippen LogP contribution < -0.4 is 21.0 Å². The summed E-state index contributed by atoms with van der Waals surface area (Å²) in [6.45, 7) is 0.832. The molecule has 41 heavy (non-hydrogen) atoms. The molecule has 12 nitrogen and oxygen atoms in total. The van der Waals surface area contributed by atoms with Crippen molar-refractivity contribution in [1.29, 1.82) is 0 Å². The Morgan fingerprint density at radius 1 is 1.24 bits per heavy atom. The van der Waals surface area contributed by atoms with Crippen molar-refractivity contribution in [3.8, 4) is 5.75 Å². The molecule has 4 rings (SSSR count). The SMILES string of the molecule is BOC(CO[P@@](=O)(N[C@@H](C)C(=O)OCc1ccccc1)Oc1ccccc1)[C@H](O)C1(F)C[C@H]1n1ccc(N)nc1=O. The van der Waals surface area contributed by atoms with Crippen molar-refractivity contribution in [3.63, 3.8) is 0 Å². The number of hydrogen-bond donors (Lipinski definition) is 3. The number of carbonyl (C=O) groups excluding carboxylic acids is 1. The van der Waals surface area contributed by atoms with Gasteiger partial charge >= 0.3 is 19.4 Å². The second-order valence-corrected chi connectivity index (χ2v) is 11.2. The highest BCUT2D eigenvalue weighted by atomic mass is 31.2. The van der Waals surface area contributed by atoms with Gasteiger partial charge in [-0.15, -0.1) is 0 Å². The highest BCUT2D eigenvalue weighted by Gasteiger charge is 2.64. The Balaban J connectivity index is 1.44. The minimum absolute atomic E-state index is 0.000693. The lowest BCUT2D eigenvalue weighted by atomic mass is 10.1. The van der Waals surface area contributed by atoms with Gasteiger partial charge in [-0.05, 0) is 30.7 Å². The topological polar surface area (TPSA) is 164 Å². The molecule has 1 aromatic heterocycles.